The number of pyridine rings is 1. The van der Waals surface area contributed by atoms with E-state index in [-0.39, 0.29) is 17.5 Å². The van der Waals surface area contributed by atoms with Gasteiger partial charge in [0.25, 0.3) is 5.91 Å². The van der Waals surface area contributed by atoms with Crippen molar-refractivity contribution in [2.45, 2.75) is 19.1 Å². The number of aliphatic carboxylic acids is 2. The molecule has 10 heteroatoms. The van der Waals surface area contributed by atoms with Gasteiger partial charge in [0.05, 0.1) is 6.54 Å². The van der Waals surface area contributed by atoms with Crippen LogP contribution in [0.4, 0.5) is 0 Å². The second-order valence-corrected chi connectivity index (χ2v) is 6.97. The van der Waals surface area contributed by atoms with Gasteiger partial charge in [-0.2, -0.15) is 0 Å². The molecule has 2 aromatic rings. The number of amides is 1. The summed E-state index contributed by atoms with van der Waals surface area (Å²) in [6.45, 7) is 2.05. The van der Waals surface area contributed by atoms with Crippen LogP contribution in [0.1, 0.15) is 22.3 Å². The minimum atomic E-state index is -1.82. The van der Waals surface area contributed by atoms with Crippen LogP contribution in [0, 0.1) is 0 Å². The highest BCUT2D eigenvalue weighted by Crippen LogP contribution is 2.24. The van der Waals surface area contributed by atoms with Crippen LogP contribution in [0.2, 0.25) is 0 Å². The van der Waals surface area contributed by atoms with Crippen LogP contribution in [0.15, 0.2) is 48.7 Å². The fourth-order valence-electron chi connectivity index (χ4n) is 2.83. The molecule has 1 atom stereocenters. The summed E-state index contributed by atoms with van der Waals surface area (Å²) in [5, 5.41) is 14.8. The molecule has 0 saturated heterocycles. The Labute approximate surface area is 180 Å². The summed E-state index contributed by atoms with van der Waals surface area (Å²) in [6.07, 6.45) is 2.46. The predicted molar refractivity (Wildman–Crippen MR) is 112 cm³/mol. The van der Waals surface area contributed by atoms with Gasteiger partial charge in [0, 0.05) is 19.3 Å². The molecule has 10 nitrogen and oxygen atoms in total. The Morgan fingerprint density at radius 1 is 1.13 bits per heavy atom. The zero-order valence-corrected chi connectivity index (χ0v) is 17.4. The fourth-order valence-corrected chi connectivity index (χ4v) is 2.83. The number of fused-ring (bicyclic) bond motifs is 1. The van der Waals surface area contributed by atoms with E-state index in [9.17, 15) is 4.79 Å². The smallest absolute Gasteiger partial charge is 0.414 e. The van der Waals surface area contributed by atoms with E-state index in [4.69, 9.17) is 24.5 Å². The zero-order chi connectivity index (χ0) is 22.1. The molecule has 168 valence electrons. The van der Waals surface area contributed by atoms with Crippen LogP contribution in [-0.4, -0.2) is 81.6 Å². The Hall–Kier alpha value is -3.50. The van der Waals surface area contributed by atoms with E-state index in [0.717, 1.165) is 18.5 Å². The summed E-state index contributed by atoms with van der Waals surface area (Å²) in [4.78, 5) is 39.4. The van der Waals surface area contributed by atoms with Crippen LogP contribution in [0.25, 0.3) is 0 Å². The average Bonchev–Trinajstić information content (AvgIpc) is 2.84. The van der Waals surface area contributed by atoms with Crippen LogP contribution in [0.5, 0.6) is 5.88 Å². The molecule has 31 heavy (non-hydrogen) atoms. The highest BCUT2D eigenvalue weighted by molar-refractivity contribution is 6.27. The van der Waals surface area contributed by atoms with E-state index in [1.165, 1.54) is 0 Å². The first kappa shape index (κ1) is 25.5. The van der Waals surface area contributed by atoms with Gasteiger partial charge in [-0.05, 0) is 38.2 Å². The number of nitrogens with zero attached hydrogens (tertiary/aromatic N) is 3. The standard InChI is InChI=1S/C19H23N3O2.C2H2O4.H2O/c1-21(2)12-10-16-14-22(13-15-7-4-3-5-8-15)19(23)17-9-6-11-20-18(17)24-16;3-1(4)2(5)6;/h3-9,11,16H,10,12-14H2,1-2H3;(H,3,4)(H,5,6);1H2. The number of carboxylic acid groups (broad SMARTS) is 2. The van der Waals surface area contributed by atoms with Gasteiger partial charge in [0.2, 0.25) is 5.88 Å². The highest BCUT2D eigenvalue weighted by atomic mass is 16.5. The van der Waals surface area contributed by atoms with Crippen LogP contribution in [-0.2, 0) is 16.1 Å². The number of benzene rings is 1. The second-order valence-electron chi connectivity index (χ2n) is 6.97. The van der Waals surface area contributed by atoms with Crippen molar-refractivity contribution in [1.82, 2.24) is 14.8 Å². The van der Waals surface area contributed by atoms with Gasteiger partial charge in [-0.3, -0.25) is 4.79 Å². The molecule has 1 aliphatic rings. The van der Waals surface area contributed by atoms with Crippen molar-refractivity contribution in [2.24, 2.45) is 0 Å². The second kappa shape index (κ2) is 12.3. The topological polar surface area (TPSA) is 152 Å². The molecule has 1 unspecified atom stereocenters. The fraction of sp³-hybridized carbons (Fsp3) is 0.333. The monoisotopic (exact) mass is 433 g/mol. The molecule has 0 bridgehead atoms. The minimum absolute atomic E-state index is 0. The first-order chi connectivity index (χ1) is 14.3. The average molecular weight is 433 g/mol. The summed E-state index contributed by atoms with van der Waals surface area (Å²) < 4.78 is 6.05. The van der Waals surface area contributed by atoms with E-state index in [1.54, 1.807) is 18.3 Å². The number of aromatic nitrogens is 1. The number of carbonyl (C=O) groups excluding carboxylic acids is 1. The Morgan fingerprint density at radius 2 is 1.77 bits per heavy atom. The van der Waals surface area contributed by atoms with Crippen molar-refractivity contribution in [3.8, 4) is 5.88 Å². The summed E-state index contributed by atoms with van der Waals surface area (Å²) in [7, 11) is 4.07. The number of carboxylic acids is 2. The third-order valence-corrected chi connectivity index (χ3v) is 4.29. The molecule has 1 amide bonds. The Balaban J connectivity index is 0.000000607. The maximum absolute atomic E-state index is 12.9. The first-order valence-corrected chi connectivity index (χ1v) is 9.33. The van der Waals surface area contributed by atoms with Gasteiger partial charge in [0.15, 0.2) is 0 Å². The maximum Gasteiger partial charge on any atom is 0.414 e. The molecule has 1 aromatic carbocycles. The third-order valence-electron chi connectivity index (χ3n) is 4.29. The van der Waals surface area contributed by atoms with E-state index < -0.39 is 11.9 Å². The van der Waals surface area contributed by atoms with E-state index in [0.29, 0.717) is 24.5 Å². The molecular weight excluding hydrogens is 406 g/mol. The lowest BCUT2D eigenvalue weighted by molar-refractivity contribution is -0.159. The zero-order valence-electron chi connectivity index (χ0n) is 17.4. The van der Waals surface area contributed by atoms with Crippen molar-refractivity contribution in [3.05, 3.63) is 59.8 Å². The summed E-state index contributed by atoms with van der Waals surface area (Å²) in [5.41, 5.74) is 1.66. The molecular formula is C21H27N3O7. The van der Waals surface area contributed by atoms with Gasteiger partial charge in [0.1, 0.15) is 11.7 Å². The van der Waals surface area contributed by atoms with Crippen molar-refractivity contribution < 1.29 is 34.8 Å². The SMILES string of the molecule is CN(C)CCC1CN(Cc2ccccc2)C(=O)c2cccnc2O1.O.O=C(O)C(=O)O. The number of carbonyl (C=O) groups is 3. The molecule has 3 rings (SSSR count). The number of hydrogen-bond donors (Lipinski definition) is 2. The van der Waals surface area contributed by atoms with Gasteiger partial charge >= 0.3 is 11.9 Å². The van der Waals surface area contributed by atoms with E-state index in [2.05, 4.69) is 9.88 Å². The molecule has 0 spiro atoms. The quantitative estimate of drug-likeness (QED) is 0.656. The summed E-state index contributed by atoms with van der Waals surface area (Å²) in [6, 6.07) is 13.6. The molecule has 0 radical (unpaired) electrons. The lowest BCUT2D eigenvalue weighted by Crippen LogP contribution is -2.37. The number of rotatable bonds is 5. The molecule has 0 fully saturated rings. The van der Waals surface area contributed by atoms with Gasteiger partial charge in [-0.15, -0.1) is 0 Å². The summed E-state index contributed by atoms with van der Waals surface area (Å²) in [5.74, 6) is -3.22. The first-order valence-electron chi connectivity index (χ1n) is 9.33. The molecule has 0 aliphatic carbocycles. The largest absolute Gasteiger partial charge is 0.473 e. The number of hydrogen-bond acceptors (Lipinski definition) is 6. The minimum Gasteiger partial charge on any atom is -0.473 e. The van der Waals surface area contributed by atoms with Gasteiger partial charge < -0.3 is 30.2 Å². The molecule has 1 aliphatic heterocycles. The van der Waals surface area contributed by atoms with Crippen LogP contribution in [0.3, 0.4) is 0 Å². The number of ether oxygens (including phenoxy) is 1. The van der Waals surface area contributed by atoms with Crippen molar-refractivity contribution in [3.63, 3.8) is 0 Å². The molecule has 2 heterocycles. The Morgan fingerprint density at radius 3 is 2.35 bits per heavy atom. The van der Waals surface area contributed by atoms with Gasteiger partial charge in [-0.1, -0.05) is 30.3 Å². The maximum atomic E-state index is 12.9. The van der Waals surface area contributed by atoms with E-state index >= 15 is 0 Å². The highest BCUT2D eigenvalue weighted by Gasteiger charge is 2.29. The van der Waals surface area contributed by atoms with Gasteiger partial charge in [-0.25, -0.2) is 14.6 Å². The third kappa shape index (κ3) is 8.03. The molecule has 1 aromatic heterocycles. The van der Waals surface area contributed by atoms with Crippen LogP contribution < -0.4 is 4.74 Å². The lowest BCUT2D eigenvalue weighted by atomic mass is 10.1. The van der Waals surface area contributed by atoms with E-state index in [1.807, 2.05) is 49.3 Å². The molecule has 0 saturated carbocycles. The summed E-state index contributed by atoms with van der Waals surface area (Å²) >= 11 is 0. The predicted octanol–water partition coefficient (Wildman–Crippen LogP) is 0.768. The van der Waals surface area contributed by atoms with Crippen molar-refractivity contribution >= 4 is 17.8 Å². The normalized spacial score (nSPS) is 14.9. The van der Waals surface area contributed by atoms with Crippen LogP contribution >= 0.6 is 0 Å². The lowest BCUT2D eigenvalue weighted by Gasteiger charge is -2.25. The van der Waals surface area contributed by atoms with Crippen molar-refractivity contribution in [1.29, 1.82) is 0 Å². The Kier molecular flexibility index (Phi) is 10.1. The Bertz CT molecular complexity index is 862. The molecule has 4 N–H and O–H groups in total. The van der Waals surface area contributed by atoms with Crippen molar-refractivity contribution in [2.75, 3.05) is 27.2 Å².